The van der Waals surface area contributed by atoms with E-state index in [0.29, 0.717) is 29.7 Å². The van der Waals surface area contributed by atoms with Gasteiger partial charge in [-0.1, -0.05) is 12.1 Å². The topological polar surface area (TPSA) is 78.8 Å². The number of fused-ring (bicyclic) bond motifs is 1. The molecule has 0 radical (unpaired) electrons. The molecule has 9 heteroatoms. The van der Waals surface area contributed by atoms with Gasteiger partial charge in [-0.15, -0.1) is 11.3 Å². The van der Waals surface area contributed by atoms with Crippen LogP contribution in [0, 0.1) is 11.7 Å². The molecular weight excluding hydrogens is 551 g/mol. The largest absolute Gasteiger partial charge is 0.453 e. The van der Waals surface area contributed by atoms with Crippen molar-refractivity contribution >= 4 is 27.3 Å². The van der Waals surface area contributed by atoms with E-state index in [1.165, 1.54) is 23.0 Å². The number of hydrogen-bond acceptors (Lipinski definition) is 8. The number of carbonyl (C=O) groups is 1. The molecule has 4 aromatic rings. The number of aliphatic hydroxyl groups excluding tert-OH is 1. The first kappa shape index (κ1) is 28.9. The number of pyridine rings is 2. The summed E-state index contributed by atoms with van der Waals surface area (Å²) in [6, 6.07) is 13.2. The predicted molar refractivity (Wildman–Crippen MR) is 163 cm³/mol. The highest BCUT2D eigenvalue weighted by molar-refractivity contribution is 7.22. The maximum absolute atomic E-state index is 14.9. The lowest BCUT2D eigenvalue weighted by Crippen LogP contribution is -2.43. The minimum Gasteiger partial charge on any atom is -0.453 e. The molecule has 1 aliphatic heterocycles. The number of hydrogen-bond donors (Lipinski definition) is 1. The molecule has 0 amide bonds. The Hall–Kier alpha value is -3.24. The Kier molecular flexibility index (Phi) is 8.90. The van der Waals surface area contributed by atoms with Crippen LogP contribution in [-0.2, 0) is 17.8 Å². The predicted octanol–water partition coefficient (Wildman–Crippen LogP) is 6.09. The van der Waals surface area contributed by atoms with Crippen molar-refractivity contribution in [2.45, 2.75) is 51.1 Å². The Morgan fingerprint density at radius 2 is 1.88 bits per heavy atom. The normalized spacial score (nSPS) is 16.4. The Morgan fingerprint density at radius 3 is 2.60 bits per heavy atom. The second-order valence-electron chi connectivity index (χ2n) is 11.6. The van der Waals surface area contributed by atoms with Crippen molar-refractivity contribution in [3.05, 3.63) is 71.8 Å². The Morgan fingerprint density at radius 1 is 1.07 bits per heavy atom. The lowest BCUT2D eigenvalue weighted by atomic mass is 10.0. The number of piperidine rings is 1. The molecule has 0 atom stereocenters. The molecule has 0 bridgehead atoms. The minimum absolute atomic E-state index is 0.127. The molecule has 220 valence electrons. The molecule has 1 aromatic carbocycles. The van der Waals surface area contributed by atoms with Crippen molar-refractivity contribution in [3.63, 3.8) is 0 Å². The third kappa shape index (κ3) is 7.03. The van der Waals surface area contributed by atoms with Crippen LogP contribution in [0.4, 0.5) is 4.39 Å². The Bertz CT molecular complexity index is 1530. The number of ether oxygens (including phenoxy) is 1. The molecule has 1 aliphatic carbocycles. The van der Waals surface area contributed by atoms with Crippen molar-refractivity contribution in [1.29, 1.82) is 0 Å². The molecule has 42 heavy (non-hydrogen) atoms. The fourth-order valence-electron chi connectivity index (χ4n) is 5.70. The van der Waals surface area contributed by atoms with Gasteiger partial charge in [0.2, 0.25) is 0 Å². The first-order valence-electron chi connectivity index (χ1n) is 14.8. The number of thiophene rings is 1. The molecule has 1 N–H and O–H groups in total. The number of nitrogens with zero attached hydrogens (tertiary/aromatic N) is 4. The van der Waals surface area contributed by atoms with E-state index in [2.05, 4.69) is 27.9 Å². The van der Waals surface area contributed by atoms with Crippen molar-refractivity contribution in [3.8, 4) is 22.1 Å². The lowest BCUT2D eigenvalue weighted by molar-refractivity contribution is -0.118. The van der Waals surface area contributed by atoms with Gasteiger partial charge in [-0.05, 0) is 87.1 Å². The van der Waals surface area contributed by atoms with Gasteiger partial charge in [0, 0.05) is 50.4 Å². The van der Waals surface area contributed by atoms with Gasteiger partial charge < -0.3 is 14.7 Å². The van der Waals surface area contributed by atoms with E-state index in [-0.39, 0.29) is 24.6 Å². The highest BCUT2D eigenvalue weighted by Gasteiger charge is 2.25. The van der Waals surface area contributed by atoms with Crippen LogP contribution in [-0.4, -0.2) is 70.0 Å². The highest BCUT2D eigenvalue weighted by atomic mass is 32.1. The second kappa shape index (κ2) is 13.0. The third-order valence-corrected chi connectivity index (χ3v) is 9.48. The summed E-state index contributed by atoms with van der Waals surface area (Å²) < 4.78 is 21.8. The summed E-state index contributed by atoms with van der Waals surface area (Å²) >= 11 is 1.52. The van der Waals surface area contributed by atoms with Crippen molar-refractivity contribution in [1.82, 2.24) is 19.8 Å². The second-order valence-corrected chi connectivity index (χ2v) is 12.7. The molecule has 0 unspecified atom stereocenters. The van der Waals surface area contributed by atoms with Gasteiger partial charge in [-0.2, -0.15) is 0 Å². The number of carbonyl (C=O) groups excluding carboxylic acids is 1. The Balaban J connectivity index is 1.10. The van der Waals surface area contributed by atoms with Crippen LogP contribution in [0.2, 0.25) is 0 Å². The summed E-state index contributed by atoms with van der Waals surface area (Å²) in [5, 5.41) is 9.20. The summed E-state index contributed by atoms with van der Waals surface area (Å²) in [6.45, 7) is 3.87. The summed E-state index contributed by atoms with van der Waals surface area (Å²) in [5.74, 6) is 0.881. The minimum atomic E-state index is -0.480. The highest BCUT2D eigenvalue weighted by Crippen LogP contribution is 2.39. The van der Waals surface area contributed by atoms with E-state index in [0.717, 1.165) is 72.7 Å². The average Bonchev–Trinajstić information content (AvgIpc) is 3.69. The molecule has 1 saturated carbocycles. The quantitative estimate of drug-likeness (QED) is 0.215. The number of likely N-dealkylation sites (N-methyl/N-ethyl adjacent to an activating group) is 1. The zero-order chi connectivity index (χ0) is 29.1. The zero-order valence-electron chi connectivity index (χ0n) is 24.0. The van der Waals surface area contributed by atoms with Gasteiger partial charge in [0.15, 0.2) is 11.6 Å². The fraction of sp³-hybridized carbons (Fsp3) is 0.424. The van der Waals surface area contributed by atoms with E-state index in [9.17, 15) is 14.3 Å². The molecule has 7 nitrogen and oxygen atoms in total. The number of rotatable bonds is 12. The van der Waals surface area contributed by atoms with Gasteiger partial charge >= 0.3 is 0 Å². The molecule has 2 aliphatic rings. The first-order chi connectivity index (χ1) is 20.4. The fourth-order valence-corrected chi connectivity index (χ4v) is 6.74. The maximum atomic E-state index is 14.9. The molecule has 6 rings (SSSR count). The number of likely N-dealkylation sites (tertiary alicyclic amines) is 1. The van der Waals surface area contributed by atoms with Crippen molar-refractivity contribution < 1.29 is 19.0 Å². The van der Waals surface area contributed by atoms with Crippen molar-refractivity contribution in [2.75, 3.05) is 33.3 Å². The van der Waals surface area contributed by atoms with Crippen LogP contribution in [0.5, 0.6) is 11.5 Å². The molecular formula is C33H37FN4O3S. The van der Waals surface area contributed by atoms with Crippen LogP contribution >= 0.6 is 11.3 Å². The van der Waals surface area contributed by atoms with Crippen LogP contribution < -0.4 is 4.74 Å². The summed E-state index contributed by atoms with van der Waals surface area (Å²) in [7, 11) is 2.09. The van der Waals surface area contributed by atoms with Crippen LogP contribution in [0.1, 0.15) is 43.2 Å². The van der Waals surface area contributed by atoms with E-state index >= 15 is 0 Å². The molecule has 4 heterocycles. The van der Waals surface area contributed by atoms with Crippen LogP contribution in [0.25, 0.3) is 20.8 Å². The van der Waals surface area contributed by atoms with E-state index in [4.69, 9.17) is 9.72 Å². The monoisotopic (exact) mass is 588 g/mol. The number of aromatic nitrogens is 2. The van der Waals surface area contributed by atoms with Gasteiger partial charge in [-0.25, -0.2) is 4.39 Å². The number of aliphatic hydroxyl groups is 1. The summed E-state index contributed by atoms with van der Waals surface area (Å²) in [4.78, 5) is 27.1. The third-order valence-electron chi connectivity index (χ3n) is 8.32. The standard InChI is InChI=1S/C33H37FN4O3S/c1-37(14-15-39)25-9-12-38(13-10-25)21-24-4-6-28(36-20-24)32-19-29-33(42-32)31(8-11-35-29)41-30-7-5-23(18-27(30)34)17-26(40)16-22-2-3-22/h4-8,11,18-20,22,25,39H,2-3,9-10,12-17,21H2,1H3. The molecule has 3 aromatic heterocycles. The SMILES string of the molecule is CN(CCO)C1CCN(Cc2ccc(-c3cc4nccc(Oc5ccc(CC(=O)CC6CC6)cc5F)c4s3)nc2)CC1. The smallest absolute Gasteiger partial charge is 0.166 e. The van der Waals surface area contributed by atoms with Crippen LogP contribution in [0.3, 0.4) is 0 Å². The van der Waals surface area contributed by atoms with E-state index in [1.807, 2.05) is 18.3 Å². The first-order valence-corrected chi connectivity index (χ1v) is 15.6. The summed E-state index contributed by atoms with van der Waals surface area (Å²) in [6.07, 6.45) is 8.93. The number of benzene rings is 1. The number of Topliss-reactive ketones (excluding diaryl/α,β-unsaturated/α-hetero) is 1. The molecule has 0 spiro atoms. The van der Waals surface area contributed by atoms with E-state index in [1.54, 1.807) is 24.4 Å². The van der Waals surface area contributed by atoms with E-state index < -0.39 is 5.82 Å². The Labute approximate surface area is 250 Å². The van der Waals surface area contributed by atoms with Gasteiger partial charge in [0.05, 0.1) is 27.4 Å². The summed E-state index contributed by atoms with van der Waals surface area (Å²) in [5.41, 5.74) is 3.49. The molecule has 1 saturated heterocycles. The van der Waals surface area contributed by atoms with Crippen LogP contribution in [0.15, 0.2) is 54.9 Å². The zero-order valence-corrected chi connectivity index (χ0v) is 24.8. The number of halogens is 1. The lowest BCUT2D eigenvalue weighted by Gasteiger charge is -2.36. The van der Waals surface area contributed by atoms with Gasteiger partial charge in [0.1, 0.15) is 11.5 Å². The number of ketones is 1. The average molecular weight is 589 g/mol. The van der Waals surface area contributed by atoms with Crippen molar-refractivity contribution in [2.24, 2.45) is 5.92 Å². The van der Waals surface area contributed by atoms with Gasteiger partial charge in [-0.3, -0.25) is 19.7 Å². The maximum Gasteiger partial charge on any atom is 0.166 e. The van der Waals surface area contributed by atoms with Gasteiger partial charge in [0.25, 0.3) is 0 Å². The molecule has 2 fully saturated rings.